The first kappa shape index (κ1) is 18.5. The summed E-state index contributed by atoms with van der Waals surface area (Å²) in [7, 11) is 1.28. The van der Waals surface area contributed by atoms with E-state index in [1.165, 1.54) is 7.11 Å². The number of amides is 1. The van der Waals surface area contributed by atoms with Crippen molar-refractivity contribution in [3.8, 4) is 0 Å². The fourth-order valence-corrected chi connectivity index (χ4v) is 1.33. The van der Waals surface area contributed by atoms with Crippen molar-refractivity contribution in [1.82, 2.24) is 5.32 Å². The first-order valence-electron chi connectivity index (χ1n) is 4.43. The van der Waals surface area contributed by atoms with Crippen molar-refractivity contribution < 1.29 is 38.5 Å². The van der Waals surface area contributed by atoms with E-state index in [1.54, 1.807) is 20.8 Å². The molecule has 0 saturated heterocycles. The summed E-state index contributed by atoms with van der Waals surface area (Å²) >= 11 is 1.99. The van der Waals surface area contributed by atoms with Crippen molar-refractivity contribution in [2.75, 3.05) is 11.5 Å². The van der Waals surface area contributed by atoms with E-state index in [1.807, 2.05) is 22.6 Å². The van der Waals surface area contributed by atoms with Crippen molar-refractivity contribution >= 4 is 34.7 Å². The molecule has 1 amide bonds. The summed E-state index contributed by atoms with van der Waals surface area (Å²) in [5, 5.41) is 2.43. The van der Waals surface area contributed by atoms with Gasteiger partial charge in [0, 0.05) is 23.9 Å². The number of halogens is 1. The van der Waals surface area contributed by atoms with Gasteiger partial charge in [-0.1, -0.05) is 22.6 Å². The molecule has 0 aliphatic carbocycles. The van der Waals surface area contributed by atoms with Crippen LogP contribution >= 0.6 is 22.6 Å². The summed E-state index contributed by atoms with van der Waals surface area (Å²) in [6, 6.07) is -0.662. The van der Waals surface area contributed by atoms with Crippen molar-refractivity contribution in [2.24, 2.45) is 0 Å². The van der Waals surface area contributed by atoms with E-state index in [9.17, 15) is 9.59 Å². The van der Waals surface area contributed by atoms with Crippen LogP contribution in [-0.2, 0) is 33.7 Å². The molecule has 0 fully saturated rings. The van der Waals surface area contributed by atoms with Gasteiger partial charge < -0.3 is 14.8 Å². The maximum atomic E-state index is 11.3. The number of alkyl carbamates (subject to hydrolysis) is 1. The van der Waals surface area contributed by atoms with Crippen LogP contribution in [0.25, 0.3) is 0 Å². The maximum absolute atomic E-state index is 11.3. The average Bonchev–Trinajstić information content (AvgIpc) is 2.10. The molecular formula is C9H16INO4Zn. The van der Waals surface area contributed by atoms with E-state index in [-0.39, 0.29) is 19.5 Å². The van der Waals surface area contributed by atoms with Gasteiger partial charge in [-0.15, -0.1) is 0 Å². The third-order valence-electron chi connectivity index (χ3n) is 1.33. The van der Waals surface area contributed by atoms with Gasteiger partial charge in [-0.2, -0.15) is 0 Å². The van der Waals surface area contributed by atoms with E-state index < -0.39 is 23.7 Å². The molecule has 0 aromatic heterocycles. The molecule has 0 spiro atoms. The molecule has 1 unspecified atom stereocenters. The molecule has 0 saturated carbocycles. The topological polar surface area (TPSA) is 64.6 Å². The number of methoxy groups -OCH3 is 1. The number of esters is 1. The quantitative estimate of drug-likeness (QED) is 0.341. The molecule has 0 aliphatic heterocycles. The van der Waals surface area contributed by atoms with Crippen LogP contribution in [0, 0.1) is 0 Å². The molecule has 16 heavy (non-hydrogen) atoms. The van der Waals surface area contributed by atoms with Crippen LogP contribution in [0.3, 0.4) is 0 Å². The molecule has 0 bridgehead atoms. The second kappa shape index (κ2) is 8.22. The second-order valence-electron chi connectivity index (χ2n) is 3.88. The standard InChI is InChI=1S/C9H16INO4.Zn/c1-9(2,3)15-8(13)11-6(5-10)7(12)14-4;/h6H,5H2,1-4H3,(H,11,13);. The Morgan fingerprint density at radius 2 is 1.88 bits per heavy atom. The van der Waals surface area contributed by atoms with Gasteiger partial charge in [0.1, 0.15) is 11.6 Å². The van der Waals surface area contributed by atoms with E-state index >= 15 is 0 Å². The zero-order valence-corrected chi connectivity index (χ0v) is 15.1. The largest absolute Gasteiger partial charge is 0.467 e. The molecule has 0 aromatic carbocycles. The van der Waals surface area contributed by atoms with Crippen LogP contribution in [0.15, 0.2) is 0 Å². The Morgan fingerprint density at radius 1 is 1.38 bits per heavy atom. The summed E-state index contributed by atoms with van der Waals surface area (Å²) in [6.07, 6.45) is -0.616. The first-order valence-corrected chi connectivity index (χ1v) is 5.96. The van der Waals surface area contributed by atoms with Gasteiger partial charge >= 0.3 is 12.1 Å². The van der Waals surface area contributed by atoms with Crippen LogP contribution in [0.1, 0.15) is 20.8 Å². The summed E-state index contributed by atoms with van der Waals surface area (Å²) in [6.45, 7) is 5.26. The molecule has 90 valence electrons. The van der Waals surface area contributed by atoms with Gasteiger partial charge in [0.2, 0.25) is 0 Å². The van der Waals surface area contributed by atoms with Crippen molar-refractivity contribution in [3.63, 3.8) is 0 Å². The number of hydrogen-bond donors (Lipinski definition) is 1. The monoisotopic (exact) mass is 393 g/mol. The Hall–Kier alpha value is 0.0934. The van der Waals surface area contributed by atoms with Gasteiger partial charge in [-0.3, -0.25) is 0 Å². The number of carbonyl (C=O) groups excluding carboxylic acids is 2. The average molecular weight is 395 g/mol. The Morgan fingerprint density at radius 3 is 2.19 bits per heavy atom. The van der Waals surface area contributed by atoms with Gasteiger partial charge in [0.25, 0.3) is 0 Å². The van der Waals surface area contributed by atoms with Crippen molar-refractivity contribution in [1.29, 1.82) is 0 Å². The number of carbonyl (C=O) groups is 2. The molecule has 5 nitrogen and oxygen atoms in total. The fraction of sp³-hybridized carbons (Fsp3) is 0.778. The second-order valence-corrected chi connectivity index (χ2v) is 4.76. The smallest absolute Gasteiger partial charge is 0.408 e. The van der Waals surface area contributed by atoms with E-state index in [0.29, 0.717) is 4.43 Å². The Kier molecular flexibility index (Phi) is 9.49. The Bertz CT molecular complexity index is 242. The SMILES string of the molecule is COC(=O)C(CI)NC(=O)OC(C)(C)C.[Zn]. The summed E-state index contributed by atoms with van der Waals surface area (Å²) in [5.41, 5.74) is -0.573. The molecule has 1 atom stereocenters. The van der Waals surface area contributed by atoms with Crippen LogP contribution in [0.5, 0.6) is 0 Å². The summed E-state index contributed by atoms with van der Waals surface area (Å²) < 4.78 is 9.96. The van der Waals surface area contributed by atoms with Crippen LogP contribution in [0.2, 0.25) is 0 Å². The van der Waals surface area contributed by atoms with Crippen LogP contribution in [-0.4, -0.2) is 35.2 Å². The molecule has 0 aliphatic rings. The van der Waals surface area contributed by atoms with E-state index in [0.717, 1.165) is 0 Å². The van der Waals surface area contributed by atoms with Crippen molar-refractivity contribution in [3.05, 3.63) is 0 Å². The minimum Gasteiger partial charge on any atom is -0.467 e. The normalized spacial score (nSPS) is 12.1. The number of ether oxygens (including phenoxy) is 2. The fourth-order valence-electron chi connectivity index (χ4n) is 0.753. The summed E-state index contributed by atoms with van der Waals surface area (Å²) in [4.78, 5) is 22.5. The molecule has 0 heterocycles. The van der Waals surface area contributed by atoms with Crippen LogP contribution in [0.4, 0.5) is 4.79 Å². The van der Waals surface area contributed by atoms with Gasteiger partial charge in [0.05, 0.1) is 7.11 Å². The minimum atomic E-state index is -0.662. The van der Waals surface area contributed by atoms with Gasteiger partial charge in [0.15, 0.2) is 0 Å². The molecule has 0 rings (SSSR count). The van der Waals surface area contributed by atoms with E-state index in [2.05, 4.69) is 10.1 Å². The molecule has 1 N–H and O–H groups in total. The third-order valence-corrected chi connectivity index (χ3v) is 2.21. The number of rotatable bonds is 3. The molecule has 7 heteroatoms. The Labute approximate surface area is 122 Å². The molecule has 0 aromatic rings. The summed E-state index contributed by atoms with van der Waals surface area (Å²) in [5.74, 6) is -0.477. The zero-order chi connectivity index (χ0) is 12.1. The number of hydrogen-bond acceptors (Lipinski definition) is 4. The zero-order valence-electron chi connectivity index (χ0n) is 10.0. The number of alkyl halides is 1. The molecular weight excluding hydrogens is 378 g/mol. The van der Waals surface area contributed by atoms with Crippen molar-refractivity contribution in [2.45, 2.75) is 32.4 Å². The maximum Gasteiger partial charge on any atom is 0.408 e. The predicted octanol–water partition coefficient (Wildman–Crippen LogP) is 1.49. The molecule has 0 radical (unpaired) electrons. The Balaban J connectivity index is 0. The predicted molar refractivity (Wildman–Crippen MR) is 64.1 cm³/mol. The first-order chi connectivity index (χ1) is 6.80. The minimum absolute atomic E-state index is 0. The van der Waals surface area contributed by atoms with Gasteiger partial charge in [-0.25, -0.2) is 9.59 Å². The van der Waals surface area contributed by atoms with Crippen LogP contribution < -0.4 is 5.32 Å². The number of nitrogens with one attached hydrogen (secondary N) is 1. The van der Waals surface area contributed by atoms with E-state index in [4.69, 9.17) is 4.74 Å². The van der Waals surface area contributed by atoms with Gasteiger partial charge in [-0.05, 0) is 20.8 Å². The third kappa shape index (κ3) is 8.27.